The lowest BCUT2D eigenvalue weighted by Crippen LogP contribution is -3.10. The van der Waals surface area contributed by atoms with Crippen LogP contribution in [-0.2, 0) is 17.9 Å². The number of carbonyl (C=O) groups excluding carboxylic acids is 1. The normalized spacial score (nSPS) is 10.8. The number of benzene rings is 2. The van der Waals surface area contributed by atoms with Gasteiger partial charge in [-0.05, 0) is 50.1 Å². The zero-order valence-corrected chi connectivity index (χ0v) is 16.5. The molecular formula is C21H28ClN2O2+. The molecule has 2 rings (SSSR count). The third-order valence-corrected chi connectivity index (χ3v) is 4.70. The van der Waals surface area contributed by atoms with Crippen molar-refractivity contribution in [2.24, 2.45) is 0 Å². The van der Waals surface area contributed by atoms with E-state index >= 15 is 0 Å². The Bertz CT molecular complexity index is 712. The maximum atomic E-state index is 12.0. The van der Waals surface area contributed by atoms with Crippen LogP contribution in [0.25, 0.3) is 0 Å². The summed E-state index contributed by atoms with van der Waals surface area (Å²) in [5.41, 5.74) is 3.32. The van der Waals surface area contributed by atoms with Crippen molar-refractivity contribution >= 4 is 17.5 Å². The van der Waals surface area contributed by atoms with Gasteiger partial charge in [0.25, 0.3) is 5.91 Å². The van der Waals surface area contributed by atoms with Gasteiger partial charge in [-0.25, -0.2) is 0 Å². The molecule has 0 heterocycles. The van der Waals surface area contributed by atoms with Crippen LogP contribution in [0.4, 0.5) is 0 Å². The van der Waals surface area contributed by atoms with E-state index in [0.717, 1.165) is 30.8 Å². The van der Waals surface area contributed by atoms with Crippen LogP contribution >= 0.6 is 11.6 Å². The summed E-state index contributed by atoms with van der Waals surface area (Å²) in [4.78, 5) is 13.5. The standard InChI is InChI=1S/C21H27ClN2O2/c1-4-24(5-2)14-18-8-6-17(7-9-18)13-23-21(25)15-26-20-11-10-19(22)12-16(20)3/h6-12H,4-5,13-15H2,1-3H3,(H,23,25)/p+1. The van der Waals surface area contributed by atoms with Crippen LogP contribution < -0.4 is 15.0 Å². The number of carbonyl (C=O) groups is 1. The summed E-state index contributed by atoms with van der Waals surface area (Å²) >= 11 is 5.92. The monoisotopic (exact) mass is 375 g/mol. The van der Waals surface area contributed by atoms with E-state index in [1.54, 1.807) is 17.0 Å². The molecule has 0 spiro atoms. The highest BCUT2D eigenvalue weighted by Gasteiger charge is 2.07. The highest BCUT2D eigenvalue weighted by atomic mass is 35.5. The first kappa shape index (κ1) is 20.3. The molecule has 0 aromatic heterocycles. The second-order valence-corrected chi connectivity index (χ2v) is 6.86. The van der Waals surface area contributed by atoms with E-state index in [2.05, 4.69) is 43.4 Å². The lowest BCUT2D eigenvalue weighted by Gasteiger charge is -2.15. The Morgan fingerprint density at radius 1 is 1.08 bits per heavy atom. The number of ether oxygens (including phenoxy) is 1. The van der Waals surface area contributed by atoms with Crippen LogP contribution in [0.1, 0.15) is 30.5 Å². The van der Waals surface area contributed by atoms with E-state index in [1.165, 1.54) is 5.56 Å². The van der Waals surface area contributed by atoms with Crippen molar-refractivity contribution in [2.45, 2.75) is 33.9 Å². The Morgan fingerprint density at radius 2 is 1.73 bits per heavy atom. The molecule has 0 fully saturated rings. The molecule has 0 bridgehead atoms. The second-order valence-electron chi connectivity index (χ2n) is 6.43. The number of aryl methyl sites for hydroxylation is 1. The van der Waals surface area contributed by atoms with Gasteiger partial charge in [-0.3, -0.25) is 4.79 Å². The van der Waals surface area contributed by atoms with Crippen LogP contribution in [0.5, 0.6) is 5.75 Å². The summed E-state index contributed by atoms with van der Waals surface area (Å²) < 4.78 is 5.56. The average molecular weight is 376 g/mol. The molecule has 0 aliphatic carbocycles. The minimum Gasteiger partial charge on any atom is -0.484 e. The quantitative estimate of drug-likeness (QED) is 0.707. The maximum absolute atomic E-state index is 12.0. The fraction of sp³-hybridized carbons (Fsp3) is 0.381. The van der Waals surface area contributed by atoms with Gasteiger partial charge in [0, 0.05) is 17.1 Å². The van der Waals surface area contributed by atoms with E-state index < -0.39 is 0 Å². The zero-order valence-electron chi connectivity index (χ0n) is 15.8. The molecule has 0 aliphatic rings. The predicted octanol–water partition coefficient (Wildman–Crippen LogP) is 2.77. The summed E-state index contributed by atoms with van der Waals surface area (Å²) in [6.45, 7) is 10.1. The van der Waals surface area contributed by atoms with Gasteiger partial charge in [0.05, 0.1) is 13.1 Å². The summed E-state index contributed by atoms with van der Waals surface area (Å²) in [6, 6.07) is 13.8. The van der Waals surface area contributed by atoms with Crippen molar-refractivity contribution in [1.29, 1.82) is 0 Å². The number of rotatable bonds is 9. The number of halogens is 1. The van der Waals surface area contributed by atoms with Crippen molar-refractivity contribution in [3.63, 3.8) is 0 Å². The zero-order chi connectivity index (χ0) is 18.9. The summed E-state index contributed by atoms with van der Waals surface area (Å²) in [6.07, 6.45) is 0. The molecule has 0 atom stereocenters. The Hall–Kier alpha value is -2.04. The predicted molar refractivity (Wildman–Crippen MR) is 106 cm³/mol. The molecule has 0 saturated heterocycles. The first-order valence-corrected chi connectivity index (χ1v) is 9.46. The van der Waals surface area contributed by atoms with Crippen LogP contribution in [0, 0.1) is 6.92 Å². The van der Waals surface area contributed by atoms with Gasteiger partial charge >= 0.3 is 0 Å². The van der Waals surface area contributed by atoms with Gasteiger partial charge in [0.1, 0.15) is 12.3 Å². The van der Waals surface area contributed by atoms with Crippen LogP contribution in [0.3, 0.4) is 0 Å². The molecule has 5 heteroatoms. The van der Waals surface area contributed by atoms with Crippen molar-refractivity contribution in [3.05, 3.63) is 64.2 Å². The lowest BCUT2D eigenvalue weighted by molar-refractivity contribution is -0.910. The van der Waals surface area contributed by atoms with E-state index in [9.17, 15) is 4.79 Å². The third kappa shape index (κ3) is 6.36. The molecule has 140 valence electrons. The molecule has 0 radical (unpaired) electrons. The van der Waals surface area contributed by atoms with Crippen molar-refractivity contribution in [3.8, 4) is 5.75 Å². The fourth-order valence-corrected chi connectivity index (χ4v) is 2.96. The average Bonchev–Trinajstić information content (AvgIpc) is 2.64. The summed E-state index contributed by atoms with van der Waals surface area (Å²) in [5, 5.41) is 3.55. The van der Waals surface area contributed by atoms with Crippen molar-refractivity contribution in [1.82, 2.24) is 5.32 Å². The Morgan fingerprint density at radius 3 is 2.35 bits per heavy atom. The van der Waals surface area contributed by atoms with Crippen LogP contribution in [0.2, 0.25) is 5.02 Å². The van der Waals surface area contributed by atoms with Crippen LogP contribution in [0.15, 0.2) is 42.5 Å². The molecule has 2 N–H and O–H groups in total. The first-order valence-electron chi connectivity index (χ1n) is 9.08. The molecule has 0 aliphatic heterocycles. The highest BCUT2D eigenvalue weighted by molar-refractivity contribution is 6.30. The Labute approximate surface area is 161 Å². The van der Waals surface area contributed by atoms with E-state index in [-0.39, 0.29) is 12.5 Å². The van der Waals surface area contributed by atoms with E-state index in [4.69, 9.17) is 16.3 Å². The van der Waals surface area contributed by atoms with Gasteiger partial charge in [0.15, 0.2) is 6.61 Å². The largest absolute Gasteiger partial charge is 0.484 e. The van der Waals surface area contributed by atoms with E-state index in [0.29, 0.717) is 17.3 Å². The molecule has 4 nitrogen and oxygen atoms in total. The molecule has 0 saturated carbocycles. The van der Waals surface area contributed by atoms with Gasteiger partial charge in [-0.15, -0.1) is 0 Å². The lowest BCUT2D eigenvalue weighted by atomic mass is 10.1. The topological polar surface area (TPSA) is 42.8 Å². The summed E-state index contributed by atoms with van der Waals surface area (Å²) in [7, 11) is 0. The number of nitrogens with one attached hydrogen (secondary N) is 2. The number of quaternary nitrogens is 1. The smallest absolute Gasteiger partial charge is 0.258 e. The fourth-order valence-electron chi connectivity index (χ4n) is 2.73. The molecule has 2 aromatic rings. The SMILES string of the molecule is CC[NH+](CC)Cc1ccc(CNC(=O)COc2ccc(Cl)cc2C)cc1. The van der Waals surface area contributed by atoms with Crippen molar-refractivity contribution < 1.29 is 14.4 Å². The Kier molecular flexibility index (Phi) is 7.95. The number of hydrogen-bond donors (Lipinski definition) is 2. The molecule has 1 amide bonds. The third-order valence-electron chi connectivity index (χ3n) is 4.46. The minimum atomic E-state index is -0.143. The Balaban J connectivity index is 1.78. The maximum Gasteiger partial charge on any atom is 0.258 e. The summed E-state index contributed by atoms with van der Waals surface area (Å²) in [5.74, 6) is 0.531. The van der Waals surface area contributed by atoms with E-state index in [1.807, 2.05) is 13.0 Å². The van der Waals surface area contributed by atoms with Gasteiger partial charge in [0.2, 0.25) is 0 Å². The molecule has 2 aromatic carbocycles. The molecule has 0 unspecified atom stereocenters. The van der Waals surface area contributed by atoms with Gasteiger partial charge in [-0.1, -0.05) is 35.9 Å². The minimum absolute atomic E-state index is 0.00806. The first-order chi connectivity index (χ1) is 12.5. The second kappa shape index (κ2) is 10.2. The van der Waals surface area contributed by atoms with Gasteiger partial charge in [-0.2, -0.15) is 0 Å². The highest BCUT2D eigenvalue weighted by Crippen LogP contribution is 2.21. The van der Waals surface area contributed by atoms with Gasteiger partial charge < -0.3 is 15.0 Å². The molecular weight excluding hydrogens is 348 g/mol. The van der Waals surface area contributed by atoms with Crippen LogP contribution in [-0.4, -0.2) is 25.6 Å². The number of amides is 1. The number of hydrogen-bond acceptors (Lipinski definition) is 2. The molecule has 26 heavy (non-hydrogen) atoms. The van der Waals surface area contributed by atoms with Crippen molar-refractivity contribution in [2.75, 3.05) is 19.7 Å².